The molecule has 2 rings (SSSR count). The van der Waals surface area contributed by atoms with E-state index in [4.69, 9.17) is 4.74 Å². The lowest BCUT2D eigenvalue weighted by molar-refractivity contribution is -0.141. The maximum Gasteiger partial charge on any atom is 0.410 e. The van der Waals surface area contributed by atoms with Gasteiger partial charge < -0.3 is 14.7 Å². The molecule has 6 heteroatoms. The fraction of sp³-hybridized carbons (Fsp3) is 0.500. The average Bonchev–Trinajstić information content (AvgIpc) is 2.83. The average molecular weight is 309 g/mol. The first kappa shape index (κ1) is 16.3. The number of carbonyl (C=O) groups is 2. The molecule has 1 heterocycles. The van der Waals surface area contributed by atoms with Gasteiger partial charge in [-0.2, -0.15) is 0 Å². The topological polar surface area (TPSA) is 66.8 Å². The molecule has 0 unspecified atom stereocenters. The number of amides is 1. The number of hydrogen-bond acceptors (Lipinski definition) is 3. The van der Waals surface area contributed by atoms with Gasteiger partial charge in [-0.3, -0.25) is 4.79 Å². The summed E-state index contributed by atoms with van der Waals surface area (Å²) in [5, 5.41) is 9.38. The molecule has 1 saturated heterocycles. The molecule has 2 atom stereocenters. The Kier molecular flexibility index (Phi) is 4.39. The van der Waals surface area contributed by atoms with E-state index in [0.717, 1.165) is 0 Å². The molecule has 0 radical (unpaired) electrons. The number of carboxylic acids is 1. The van der Waals surface area contributed by atoms with E-state index in [-0.39, 0.29) is 24.8 Å². The Hall–Kier alpha value is -2.11. The van der Waals surface area contributed by atoms with Gasteiger partial charge in [0, 0.05) is 19.0 Å². The summed E-state index contributed by atoms with van der Waals surface area (Å²) in [5.74, 6) is -2.44. The van der Waals surface area contributed by atoms with E-state index in [2.05, 4.69) is 0 Å². The van der Waals surface area contributed by atoms with E-state index in [0.29, 0.717) is 5.56 Å². The lowest BCUT2D eigenvalue weighted by atomic mass is 9.89. The second-order valence-corrected chi connectivity index (χ2v) is 6.49. The predicted octanol–water partition coefficient (Wildman–Crippen LogP) is 2.86. The third-order valence-corrected chi connectivity index (χ3v) is 3.59. The third kappa shape index (κ3) is 3.75. The quantitative estimate of drug-likeness (QED) is 0.912. The van der Waals surface area contributed by atoms with Gasteiger partial charge in [0.15, 0.2) is 0 Å². The number of aliphatic carboxylic acids is 1. The standard InChI is InChI=1S/C16H20FNO4/c1-16(2,3)22-15(21)18-8-12(13(9-18)14(19)20)10-4-6-11(17)7-5-10/h4-7,12-13H,8-9H2,1-3H3,(H,19,20)/t12-,13-/m1/s1. The number of likely N-dealkylation sites (tertiary alicyclic amines) is 1. The Bertz CT molecular complexity index is 565. The van der Waals surface area contributed by atoms with Gasteiger partial charge in [-0.15, -0.1) is 0 Å². The fourth-order valence-electron chi connectivity index (χ4n) is 2.58. The van der Waals surface area contributed by atoms with Crippen LogP contribution in [-0.4, -0.2) is 40.8 Å². The Morgan fingerprint density at radius 1 is 1.23 bits per heavy atom. The van der Waals surface area contributed by atoms with Crippen molar-refractivity contribution in [3.8, 4) is 0 Å². The van der Waals surface area contributed by atoms with Crippen LogP contribution >= 0.6 is 0 Å². The highest BCUT2D eigenvalue weighted by molar-refractivity contribution is 5.75. The highest BCUT2D eigenvalue weighted by Crippen LogP contribution is 2.33. The van der Waals surface area contributed by atoms with Crippen LogP contribution in [0.4, 0.5) is 9.18 Å². The van der Waals surface area contributed by atoms with Gasteiger partial charge in [0.2, 0.25) is 0 Å². The molecule has 1 aromatic carbocycles. The minimum atomic E-state index is -0.972. The molecule has 1 aliphatic heterocycles. The Morgan fingerprint density at radius 3 is 2.32 bits per heavy atom. The lowest BCUT2D eigenvalue weighted by Crippen LogP contribution is -2.35. The van der Waals surface area contributed by atoms with Crippen molar-refractivity contribution in [2.24, 2.45) is 5.92 Å². The lowest BCUT2D eigenvalue weighted by Gasteiger charge is -2.24. The fourth-order valence-corrected chi connectivity index (χ4v) is 2.58. The van der Waals surface area contributed by atoms with Gasteiger partial charge in [0.1, 0.15) is 11.4 Å². The first-order chi connectivity index (χ1) is 10.2. The van der Waals surface area contributed by atoms with Crippen LogP contribution in [0.5, 0.6) is 0 Å². The smallest absolute Gasteiger partial charge is 0.410 e. The second-order valence-electron chi connectivity index (χ2n) is 6.49. The highest BCUT2D eigenvalue weighted by Gasteiger charge is 2.41. The molecular weight excluding hydrogens is 289 g/mol. The molecule has 1 aromatic rings. The summed E-state index contributed by atoms with van der Waals surface area (Å²) >= 11 is 0. The summed E-state index contributed by atoms with van der Waals surface area (Å²) in [5.41, 5.74) is 0.0730. The van der Waals surface area contributed by atoms with Crippen LogP contribution in [0.15, 0.2) is 24.3 Å². The minimum Gasteiger partial charge on any atom is -0.481 e. The van der Waals surface area contributed by atoms with E-state index >= 15 is 0 Å². The molecule has 5 nitrogen and oxygen atoms in total. The third-order valence-electron chi connectivity index (χ3n) is 3.59. The number of benzene rings is 1. The van der Waals surface area contributed by atoms with E-state index in [1.54, 1.807) is 32.9 Å². The first-order valence-corrected chi connectivity index (χ1v) is 7.13. The zero-order valence-electron chi connectivity index (χ0n) is 12.9. The number of nitrogens with zero attached hydrogens (tertiary/aromatic N) is 1. The number of hydrogen-bond donors (Lipinski definition) is 1. The molecule has 1 amide bonds. The summed E-state index contributed by atoms with van der Waals surface area (Å²) in [4.78, 5) is 25.0. The van der Waals surface area contributed by atoms with Crippen molar-refractivity contribution in [2.45, 2.75) is 32.3 Å². The van der Waals surface area contributed by atoms with Crippen molar-refractivity contribution in [1.29, 1.82) is 0 Å². The summed E-state index contributed by atoms with van der Waals surface area (Å²) in [6, 6.07) is 5.72. The van der Waals surface area contributed by atoms with E-state index in [1.165, 1.54) is 17.0 Å². The summed E-state index contributed by atoms with van der Waals surface area (Å²) in [7, 11) is 0. The summed E-state index contributed by atoms with van der Waals surface area (Å²) in [6.07, 6.45) is -0.525. The number of carboxylic acid groups (broad SMARTS) is 1. The largest absolute Gasteiger partial charge is 0.481 e. The molecule has 0 aliphatic carbocycles. The highest BCUT2D eigenvalue weighted by atomic mass is 19.1. The molecule has 1 N–H and O–H groups in total. The van der Waals surface area contributed by atoms with Crippen LogP contribution in [0.1, 0.15) is 32.3 Å². The zero-order valence-corrected chi connectivity index (χ0v) is 12.9. The molecule has 0 aromatic heterocycles. The van der Waals surface area contributed by atoms with Crippen molar-refractivity contribution in [3.63, 3.8) is 0 Å². The van der Waals surface area contributed by atoms with E-state index in [9.17, 15) is 19.1 Å². The zero-order chi connectivity index (χ0) is 16.5. The number of halogens is 1. The van der Waals surface area contributed by atoms with Crippen LogP contribution < -0.4 is 0 Å². The van der Waals surface area contributed by atoms with Crippen molar-refractivity contribution in [3.05, 3.63) is 35.6 Å². The Balaban J connectivity index is 2.18. The summed E-state index contributed by atoms with van der Waals surface area (Å²) in [6.45, 7) is 5.61. The van der Waals surface area contributed by atoms with Gasteiger partial charge >= 0.3 is 12.1 Å². The van der Waals surface area contributed by atoms with Crippen LogP contribution in [0.3, 0.4) is 0 Å². The van der Waals surface area contributed by atoms with Crippen LogP contribution in [-0.2, 0) is 9.53 Å². The molecule has 1 fully saturated rings. The number of ether oxygens (including phenoxy) is 1. The van der Waals surface area contributed by atoms with Gasteiger partial charge in [0.05, 0.1) is 5.92 Å². The van der Waals surface area contributed by atoms with Gasteiger partial charge in [-0.05, 0) is 38.5 Å². The van der Waals surface area contributed by atoms with Gasteiger partial charge in [0.25, 0.3) is 0 Å². The molecule has 120 valence electrons. The normalized spacial score (nSPS) is 21.7. The van der Waals surface area contributed by atoms with Crippen molar-refractivity contribution < 1.29 is 23.8 Å². The Labute approximate surface area is 128 Å². The van der Waals surface area contributed by atoms with Gasteiger partial charge in [-0.1, -0.05) is 12.1 Å². The van der Waals surface area contributed by atoms with E-state index < -0.39 is 23.6 Å². The minimum absolute atomic E-state index is 0.0896. The predicted molar refractivity (Wildman–Crippen MR) is 78.1 cm³/mol. The van der Waals surface area contributed by atoms with E-state index in [1.807, 2.05) is 0 Å². The number of rotatable bonds is 2. The summed E-state index contributed by atoms with van der Waals surface area (Å²) < 4.78 is 18.3. The monoisotopic (exact) mass is 309 g/mol. The molecule has 22 heavy (non-hydrogen) atoms. The van der Waals surface area contributed by atoms with Crippen LogP contribution in [0.25, 0.3) is 0 Å². The Morgan fingerprint density at radius 2 is 1.82 bits per heavy atom. The van der Waals surface area contributed by atoms with Crippen LogP contribution in [0.2, 0.25) is 0 Å². The number of carbonyl (C=O) groups excluding carboxylic acids is 1. The molecular formula is C16H20FNO4. The SMILES string of the molecule is CC(C)(C)OC(=O)N1C[C@H](c2ccc(F)cc2)[C@H](C(=O)O)C1. The molecule has 0 bridgehead atoms. The first-order valence-electron chi connectivity index (χ1n) is 7.13. The van der Waals surface area contributed by atoms with Crippen molar-refractivity contribution >= 4 is 12.1 Å². The molecule has 1 aliphatic rings. The second kappa shape index (κ2) is 5.94. The maximum absolute atomic E-state index is 13.0. The molecule has 0 saturated carbocycles. The molecule has 0 spiro atoms. The van der Waals surface area contributed by atoms with Gasteiger partial charge in [-0.25, -0.2) is 9.18 Å². The van der Waals surface area contributed by atoms with Crippen molar-refractivity contribution in [2.75, 3.05) is 13.1 Å². The maximum atomic E-state index is 13.0. The van der Waals surface area contributed by atoms with Crippen LogP contribution in [0, 0.1) is 11.7 Å². The van der Waals surface area contributed by atoms with Crippen molar-refractivity contribution in [1.82, 2.24) is 4.90 Å².